The number of nitrogens with zero attached hydrogens (tertiary/aromatic N) is 1. The Morgan fingerprint density at radius 1 is 1.10 bits per heavy atom. The van der Waals surface area contributed by atoms with E-state index < -0.39 is 16.9 Å². The van der Waals surface area contributed by atoms with Gasteiger partial charge in [0.2, 0.25) is 11.8 Å². The zero-order valence-corrected chi connectivity index (χ0v) is 13.0. The molecule has 2 rings (SSSR count). The van der Waals surface area contributed by atoms with Crippen LogP contribution in [0, 0.1) is 5.41 Å². The third-order valence-corrected chi connectivity index (χ3v) is 5.51. The number of carboxylic acids is 1. The lowest BCUT2D eigenvalue weighted by Gasteiger charge is -2.37. The van der Waals surface area contributed by atoms with E-state index in [2.05, 4.69) is 0 Å². The Labute approximate surface area is 125 Å². The van der Waals surface area contributed by atoms with Crippen molar-refractivity contribution in [3.8, 4) is 0 Å². The second-order valence-electron chi connectivity index (χ2n) is 6.45. The number of likely N-dealkylation sites (tertiary alicyclic amines) is 1. The van der Waals surface area contributed by atoms with Crippen LogP contribution in [0.3, 0.4) is 0 Å². The standard InChI is InChI=1S/C16H25NO4/c1-3-15(4-2)11-12(18)17(13(15)19)16(14(20)21)9-7-5-6-8-10-16/h3-11H2,1-2H3,(H,20,21). The van der Waals surface area contributed by atoms with Gasteiger partial charge < -0.3 is 5.11 Å². The Morgan fingerprint density at radius 2 is 1.62 bits per heavy atom. The molecule has 0 spiro atoms. The first-order valence-electron chi connectivity index (χ1n) is 8.04. The van der Waals surface area contributed by atoms with Crippen molar-refractivity contribution in [1.82, 2.24) is 4.90 Å². The zero-order valence-electron chi connectivity index (χ0n) is 13.0. The van der Waals surface area contributed by atoms with Crippen molar-refractivity contribution in [3.63, 3.8) is 0 Å². The predicted molar refractivity (Wildman–Crippen MR) is 77.6 cm³/mol. The van der Waals surface area contributed by atoms with Gasteiger partial charge in [0, 0.05) is 6.42 Å². The lowest BCUT2D eigenvalue weighted by atomic mass is 9.80. The van der Waals surface area contributed by atoms with E-state index in [9.17, 15) is 19.5 Å². The highest BCUT2D eigenvalue weighted by Crippen LogP contribution is 2.45. The van der Waals surface area contributed by atoms with Crippen molar-refractivity contribution in [2.45, 2.75) is 77.2 Å². The molecule has 2 fully saturated rings. The van der Waals surface area contributed by atoms with E-state index in [0.29, 0.717) is 25.7 Å². The SMILES string of the molecule is CCC1(CC)CC(=O)N(C2(C(=O)O)CCCCCC2)C1=O. The highest BCUT2D eigenvalue weighted by atomic mass is 16.4. The largest absolute Gasteiger partial charge is 0.479 e. The molecule has 5 nitrogen and oxygen atoms in total. The summed E-state index contributed by atoms with van der Waals surface area (Å²) >= 11 is 0. The third-order valence-electron chi connectivity index (χ3n) is 5.51. The van der Waals surface area contributed by atoms with Gasteiger partial charge in [-0.15, -0.1) is 0 Å². The fourth-order valence-electron chi connectivity index (χ4n) is 3.88. The van der Waals surface area contributed by atoms with E-state index >= 15 is 0 Å². The molecule has 0 radical (unpaired) electrons. The fraction of sp³-hybridized carbons (Fsp3) is 0.812. The summed E-state index contributed by atoms with van der Waals surface area (Å²) in [6.07, 6.45) is 5.57. The van der Waals surface area contributed by atoms with Crippen LogP contribution in [0.25, 0.3) is 0 Å². The number of carbonyl (C=O) groups excluding carboxylic acids is 2. The molecule has 0 aromatic carbocycles. The minimum Gasteiger partial charge on any atom is -0.479 e. The third kappa shape index (κ3) is 2.36. The Bertz CT molecular complexity index is 445. The Balaban J connectivity index is 2.43. The van der Waals surface area contributed by atoms with Crippen molar-refractivity contribution in [1.29, 1.82) is 0 Å². The van der Waals surface area contributed by atoms with Crippen LogP contribution in [0.15, 0.2) is 0 Å². The topological polar surface area (TPSA) is 74.7 Å². The average Bonchev–Trinajstić information content (AvgIpc) is 2.63. The minimum atomic E-state index is -1.31. The molecule has 1 saturated carbocycles. The second-order valence-corrected chi connectivity index (χ2v) is 6.45. The molecule has 1 aliphatic carbocycles. The quantitative estimate of drug-likeness (QED) is 0.639. The van der Waals surface area contributed by atoms with E-state index in [1.54, 1.807) is 0 Å². The maximum Gasteiger partial charge on any atom is 0.330 e. The number of hydrogen-bond acceptors (Lipinski definition) is 3. The van der Waals surface area contributed by atoms with E-state index in [0.717, 1.165) is 30.6 Å². The molecule has 5 heteroatoms. The summed E-state index contributed by atoms with van der Waals surface area (Å²) < 4.78 is 0. The highest BCUT2D eigenvalue weighted by Gasteiger charge is 2.58. The number of carboxylic acid groups (broad SMARTS) is 1. The maximum atomic E-state index is 12.9. The molecule has 1 N–H and O–H groups in total. The van der Waals surface area contributed by atoms with Gasteiger partial charge in [-0.25, -0.2) is 4.79 Å². The predicted octanol–water partition coefficient (Wildman–Crippen LogP) is 2.73. The molecule has 0 bridgehead atoms. The van der Waals surface area contributed by atoms with Gasteiger partial charge in [0.15, 0.2) is 0 Å². The molecule has 0 unspecified atom stereocenters. The number of hydrogen-bond donors (Lipinski definition) is 1. The highest BCUT2D eigenvalue weighted by molar-refractivity contribution is 6.09. The summed E-state index contributed by atoms with van der Waals surface area (Å²) in [5, 5.41) is 9.78. The summed E-state index contributed by atoms with van der Waals surface area (Å²) in [4.78, 5) is 38.4. The second kappa shape index (κ2) is 5.78. The normalized spacial score (nSPS) is 25.0. The van der Waals surface area contributed by atoms with Gasteiger partial charge in [0.1, 0.15) is 5.54 Å². The van der Waals surface area contributed by atoms with Crippen LogP contribution in [-0.2, 0) is 14.4 Å². The lowest BCUT2D eigenvalue weighted by molar-refractivity contribution is -0.165. The van der Waals surface area contributed by atoms with Crippen molar-refractivity contribution in [2.24, 2.45) is 5.41 Å². The van der Waals surface area contributed by atoms with Gasteiger partial charge in [0.05, 0.1) is 5.41 Å². The van der Waals surface area contributed by atoms with Gasteiger partial charge in [0.25, 0.3) is 0 Å². The molecule has 1 aliphatic heterocycles. The van der Waals surface area contributed by atoms with Crippen molar-refractivity contribution in [3.05, 3.63) is 0 Å². The molecule has 118 valence electrons. The van der Waals surface area contributed by atoms with E-state index in [4.69, 9.17) is 0 Å². The average molecular weight is 295 g/mol. The van der Waals surface area contributed by atoms with Crippen LogP contribution in [0.5, 0.6) is 0 Å². The fourth-order valence-corrected chi connectivity index (χ4v) is 3.88. The molecular weight excluding hydrogens is 270 g/mol. The number of amides is 2. The van der Waals surface area contributed by atoms with Crippen LogP contribution in [0.4, 0.5) is 0 Å². The smallest absolute Gasteiger partial charge is 0.330 e. The summed E-state index contributed by atoms with van der Waals surface area (Å²) in [6.45, 7) is 3.80. The molecule has 2 amide bonds. The summed E-state index contributed by atoms with van der Waals surface area (Å²) in [6, 6.07) is 0. The Morgan fingerprint density at radius 3 is 2.00 bits per heavy atom. The van der Waals surface area contributed by atoms with Crippen molar-refractivity contribution in [2.75, 3.05) is 0 Å². The van der Waals surface area contributed by atoms with E-state index in [-0.39, 0.29) is 18.2 Å². The molecule has 2 aliphatic rings. The number of imide groups is 1. The molecule has 1 heterocycles. The van der Waals surface area contributed by atoms with Crippen LogP contribution >= 0.6 is 0 Å². The minimum absolute atomic E-state index is 0.161. The van der Waals surface area contributed by atoms with Gasteiger partial charge in [-0.2, -0.15) is 0 Å². The Hall–Kier alpha value is -1.39. The molecule has 0 aromatic heterocycles. The van der Waals surface area contributed by atoms with Crippen LogP contribution in [-0.4, -0.2) is 33.3 Å². The maximum absolute atomic E-state index is 12.9. The molecule has 21 heavy (non-hydrogen) atoms. The van der Waals surface area contributed by atoms with Crippen molar-refractivity contribution < 1.29 is 19.5 Å². The first kappa shape index (κ1) is 16.0. The summed E-state index contributed by atoms with van der Waals surface area (Å²) in [5.74, 6) is -1.58. The molecule has 1 saturated heterocycles. The first-order chi connectivity index (χ1) is 9.93. The lowest BCUT2D eigenvalue weighted by Crippen LogP contribution is -2.57. The van der Waals surface area contributed by atoms with Crippen LogP contribution in [0.2, 0.25) is 0 Å². The van der Waals surface area contributed by atoms with Gasteiger partial charge in [-0.3, -0.25) is 14.5 Å². The molecule has 0 atom stereocenters. The van der Waals surface area contributed by atoms with Gasteiger partial charge in [-0.1, -0.05) is 39.5 Å². The molecular formula is C16H25NO4. The first-order valence-corrected chi connectivity index (χ1v) is 8.04. The number of rotatable bonds is 4. The summed E-state index contributed by atoms with van der Waals surface area (Å²) in [7, 11) is 0. The monoisotopic (exact) mass is 295 g/mol. The zero-order chi connectivity index (χ0) is 15.7. The van der Waals surface area contributed by atoms with E-state index in [1.807, 2.05) is 13.8 Å². The van der Waals surface area contributed by atoms with Crippen LogP contribution < -0.4 is 0 Å². The number of aliphatic carboxylic acids is 1. The van der Waals surface area contributed by atoms with Crippen molar-refractivity contribution >= 4 is 17.8 Å². The van der Waals surface area contributed by atoms with Crippen LogP contribution in [0.1, 0.15) is 71.6 Å². The molecule has 0 aromatic rings. The summed E-state index contributed by atoms with van der Waals surface area (Å²) in [5.41, 5.74) is -2.00. The van der Waals surface area contributed by atoms with Gasteiger partial charge >= 0.3 is 5.97 Å². The van der Waals surface area contributed by atoms with E-state index in [1.165, 1.54) is 0 Å². The van der Waals surface area contributed by atoms with Gasteiger partial charge in [-0.05, 0) is 25.7 Å². The number of carbonyl (C=O) groups is 3. The Kier molecular flexibility index (Phi) is 4.40.